The van der Waals surface area contributed by atoms with E-state index in [9.17, 15) is 18.0 Å². The Kier molecular flexibility index (Phi) is 8.02. The number of carbonyl (C=O) groups is 1. The minimum atomic E-state index is -4.49. The largest absolute Gasteiger partial charge is 0.416 e. The van der Waals surface area contributed by atoms with Gasteiger partial charge in [-0.15, -0.1) is 0 Å². The van der Waals surface area contributed by atoms with Crippen molar-refractivity contribution in [2.75, 3.05) is 36.8 Å². The Morgan fingerprint density at radius 3 is 2.58 bits per heavy atom. The minimum absolute atomic E-state index is 0.0226. The summed E-state index contributed by atoms with van der Waals surface area (Å²) in [5.41, 5.74) is 3.20. The first-order chi connectivity index (χ1) is 19.2. The molecule has 0 saturated carbocycles. The average molecular weight is 548 g/mol. The molecule has 4 aromatic rings. The fourth-order valence-corrected chi connectivity index (χ4v) is 5.14. The molecule has 40 heavy (non-hydrogen) atoms. The molecule has 1 fully saturated rings. The number of halogens is 3. The zero-order valence-electron chi connectivity index (χ0n) is 22.6. The van der Waals surface area contributed by atoms with Crippen molar-refractivity contribution in [1.82, 2.24) is 14.9 Å². The van der Waals surface area contributed by atoms with Crippen LogP contribution in [-0.4, -0.2) is 47.0 Å². The lowest BCUT2D eigenvalue weighted by Crippen LogP contribution is -2.33. The molecule has 2 heterocycles. The van der Waals surface area contributed by atoms with Crippen LogP contribution in [-0.2, 0) is 6.18 Å². The maximum atomic E-state index is 13.3. The number of nitrogens with zero attached hydrogens (tertiary/aromatic N) is 3. The lowest BCUT2D eigenvalue weighted by atomic mass is 9.96. The molecule has 0 atom stereocenters. The number of amides is 1. The summed E-state index contributed by atoms with van der Waals surface area (Å²) in [5, 5.41) is 6.83. The molecule has 6 nitrogen and oxygen atoms in total. The van der Waals surface area contributed by atoms with Crippen molar-refractivity contribution >= 4 is 28.4 Å². The second-order valence-corrected chi connectivity index (χ2v) is 10.3. The van der Waals surface area contributed by atoms with Gasteiger partial charge >= 0.3 is 6.18 Å². The molecule has 0 unspecified atom stereocenters. The van der Waals surface area contributed by atoms with Gasteiger partial charge in [0.1, 0.15) is 0 Å². The van der Waals surface area contributed by atoms with Gasteiger partial charge in [-0.05, 0) is 98.4 Å². The fourth-order valence-electron chi connectivity index (χ4n) is 5.14. The number of anilines is 2. The van der Waals surface area contributed by atoms with E-state index in [1.165, 1.54) is 38.3 Å². The van der Waals surface area contributed by atoms with Gasteiger partial charge in [0.25, 0.3) is 5.91 Å². The first-order valence-electron chi connectivity index (χ1n) is 13.5. The number of nitrogens with one attached hydrogen (secondary N) is 2. The van der Waals surface area contributed by atoms with Crippen molar-refractivity contribution in [2.45, 2.75) is 39.3 Å². The molecule has 1 aromatic heterocycles. The summed E-state index contributed by atoms with van der Waals surface area (Å²) in [6.07, 6.45) is 1.13. The highest BCUT2D eigenvalue weighted by Crippen LogP contribution is 2.35. The van der Waals surface area contributed by atoms with E-state index in [1.807, 2.05) is 31.2 Å². The van der Waals surface area contributed by atoms with E-state index in [-0.39, 0.29) is 11.3 Å². The summed E-state index contributed by atoms with van der Waals surface area (Å²) in [6, 6.07) is 14.9. The van der Waals surface area contributed by atoms with Gasteiger partial charge in [-0.2, -0.15) is 13.2 Å². The molecule has 3 aromatic carbocycles. The van der Waals surface area contributed by atoms with Crippen molar-refractivity contribution in [3.63, 3.8) is 0 Å². The lowest BCUT2D eigenvalue weighted by Gasteiger charge is -2.26. The Bertz CT molecular complexity index is 1530. The van der Waals surface area contributed by atoms with Crippen molar-refractivity contribution in [3.8, 4) is 11.1 Å². The van der Waals surface area contributed by atoms with Gasteiger partial charge < -0.3 is 15.5 Å². The number of hydrogen-bond donors (Lipinski definition) is 2. The molecular weight excluding hydrogens is 515 g/mol. The second kappa shape index (κ2) is 11.6. The molecule has 1 amide bonds. The maximum Gasteiger partial charge on any atom is 0.416 e. The first-order valence-corrected chi connectivity index (χ1v) is 13.5. The number of piperidine rings is 1. The zero-order chi connectivity index (χ0) is 28.3. The van der Waals surface area contributed by atoms with Crippen molar-refractivity contribution in [3.05, 3.63) is 83.0 Å². The number of fused-ring (bicyclic) bond motifs is 1. The van der Waals surface area contributed by atoms with Crippen LogP contribution in [0.2, 0.25) is 0 Å². The van der Waals surface area contributed by atoms with Gasteiger partial charge in [0.15, 0.2) is 0 Å². The normalized spacial score (nSPS) is 14.3. The molecule has 2 N–H and O–H groups in total. The van der Waals surface area contributed by atoms with E-state index >= 15 is 0 Å². The number of benzene rings is 3. The van der Waals surface area contributed by atoms with Crippen LogP contribution in [0.4, 0.5) is 24.8 Å². The molecular formula is C31H32F3N5O. The highest BCUT2D eigenvalue weighted by Gasteiger charge is 2.33. The number of rotatable bonds is 7. The van der Waals surface area contributed by atoms with Gasteiger partial charge in [-0.3, -0.25) is 4.79 Å². The molecule has 1 saturated heterocycles. The van der Waals surface area contributed by atoms with E-state index in [4.69, 9.17) is 0 Å². The lowest BCUT2D eigenvalue weighted by molar-refractivity contribution is -0.138. The van der Waals surface area contributed by atoms with E-state index in [1.54, 1.807) is 18.3 Å². The van der Waals surface area contributed by atoms with Crippen LogP contribution in [0.1, 0.15) is 46.3 Å². The smallest absolute Gasteiger partial charge is 0.353 e. The zero-order valence-corrected chi connectivity index (χ0v) is 22.6. The summed E-state index contributed by atoms with van der Waals surface area (Å²) in [4.78, 5) is 24.6. The van der Waals surface area contributed by atoms with Gasteiger partial charge in [0.2, 0.25) is 5.95 Å². The highest BCUT2D eigenvalue weighted by atomic mass is 19.4. The van der Waals surface area contributed by atoms with Gasteiger partial charge in [-0.25, -0.2) is 9.97 Å². The number of aryl methyl sites for hydroxylation is 1. The van der Waals surface area contributed by atoms with Crippen LogP contribution in [0.25, 0.3) is 22.0 Å². The molecule has 9 heteroatoms. The third-order valence-corrected chi connectivity index (χ3v) is 7.44. The Morgan fingerprint density at radius 1 is 1.00 bits per heavy atom. The first kappa shape index (κ1) is 27.6. The van der Waals surface area contributed by atoms with Crippen LogP contribution in [0.3, 0.4) is 0 Å². The predicted octanol–water partition coefficient (Wildman–Crippen LogP) is 7.08. The number of aromatic nitrogens is 2. The monoisotopic (exact) mass is 547 g/mol. The number of alkyl halides is 3. The average Bonchev–Trinajstić information content (AvgIpc) is 2.94. The number of carbonyl (C=O) groups excluding carboxylic acids is 1. The quantitative estimate of drug-likeness (QED) is 0.259. The molecule has 208 valence electrons. The molecule has 0 aliphatic carbocycles. The van der Waals surface area contributed by atoms with Gasteiger partial charge in [0, 0.05) is 35.9 Å². The van der Waals surface area contributed by atoms with Crippen LogP contribution in [0.15, 0.2) is 60.8 Å². The highest BCUT2D eigenvalue weighted by molar-refractivity contribution is 6.05. The molecule has 1 aliphatic heterocycles. The van der Waals surface area contributed by atoms with E-state index in [0.29, 0.717) is 11.5 Å². The maximum absolute atomic E-state index is 13.3. The topological polar surface area (TPSA) is 70.2 Å². The Morgan fingerprint density at radius 2 is 1.80 bits per heavy atom. The Labute approximate surface area is 231 Å². The predicted molar refractivity (Wildman–Crippen MR) is 153 cm³/mol. The molecule has 0 radical (unpaired) electrons. The Hall–Kier alpha value is -3.98. The van der Waals surface area contributed by atoms with E-state index < -0.39 is 17.6 Å². The van der Waals surface area contributed by atoms with E-state index in [0.717, 1.165) is 59.8 Å². The molecule has 0 bridgehead atoms. The van der Waals surface area contributed by atoms with Crippen LogP contribution in [0, 0.1) is 13.8 Å². The van der Waals surface area contributed by atoms with Crippen LogP contribution in [0.5, 0.6) is 0 Å². The van der Waals surface area contributed by atoms with Gasteiger partial charge in [-0.1, -0.05) is 24.6 Å². The summed E-state index contributed by atoms with van der Waals surface area (Å²) >= 11 is 0. The van der Waals surface area contributed by atoms with Crippen molar-refractivity contribution in [1.29, 1.82) is 0 Å². The van der Waals surface area contributed by atoms with Crippen LogP contribution < -0.4 is 10.6 Å². The summed E-state index contributed by atoms with van der Waals surface area (Å²) in [6.45, 7) is 7.36. The fraction of sp³-hybridized carbons (Fsp3) is 0.323. The summed E-state index contributed by atoms with van der Waals surface area (Å²) in [5.74, 6) is 0.116. The third kappa shape index (κ3) is 6.25. The van der Waals surface area contributed by atoms with Gasteiger partial charge in [0.05, 0.1) is 11.1 Å². The standard InChI is InChI=1S/C31H32F3N5O/c1-20-9-10-23(29(40)37-27-8-6-7-26(21(27)2)31(32,33)34)18-25(20)22-11-12-28-24(17-22)19-36-30(38-28)35-13-16-39-14-4-3-5-15-39/h6-12,17-19H,3-5,13-16H2,1-2H3,(H,37,40)(H,35,36,38). The minimum Gasteiger partial charge on any atom is -0.353 e. The third-order valence-electron chi connectivity index (χ3n) is 7.44. The van der Waals surface area contributed by atoms with E-state index in [2.05, 4.69) is 25.5 Å². The molecule has 5 rings (SSSR count). The van der Waals surface area contributed by atoms with Crippen molar-refractivity contribution < 1.29 is 18.0 Å². The number of likely N-dealkylation sites (tertiary alicyclic amines) is 1. The van der Waals surface area contributed by atoms with Crippen molar-refractivity contribution in [2.24, 2.45) is 0 Å². The molecule has 0 spiro atoms. The molecule has 1 aliphatic rings. The SMILES string of the molecule is Cc1ccc(C(=O)Nc2cccc(C(F)(F)F)c2C)cc1-c1ccc2nc(NCCN3CCCCC3)ncc2c1. The second-order valence-electron chi connectivity index (χ2n) is 10.3. The Balaban J connectivity index is 1.32. The van der Waals surface area contributed by atoms with Crippen LogP contribution >= 0.6 is 0 Å². The summed E-state index contributed by atoms with van der Waals surface area (Å²) in [7, 11) is 0. The summed E-state index contributed by atoms with van der Waals surface area (Å²) < 4.78 is 39.9. The number of hydrogen-bond acceptors (Lipinski definition) is 5.